The number of cyclic esters (lactones) is 1. The number of aromatic nitrogens is 1. The molecule has 2 aromatic rings. The van der Waals surface area contributed by atoms with E-state index in [1.165, 1.54) is 26.2 Å². The number of carboxylic acids is 1. The number of halogens is 1. The number of rotatable bonds is 19. The van der Waals surface area contributed by atoms with Gasteiger partial charge in [-0.1, -0.05) is 32.4 Å². The number of hydrogen-bond donors (Lipinski definition) is 7. The number of esters is 2. The van der Waals surface area contributed by atoms with Gasteiger partial charge in [0.25, 0.3) is 0 Å². The van der Waals surface area contributed by atoms with E-state index in [0.29, 0.717) is 35.7 Å². The zero-order chi connectivity index (χ0) is 58.2. The fraction of sp³-hybridized carbons (Fsp3) is 0.782. The number of aliphatic hydroxyl groups excluding tert-OH is 2. The first-order valence-corrected chi connectivity index (χ1v) is 27.6. The number of H-pyrrole nitrogens is 1. The van der Waals surface area contributed by atoms with Crippen molar-refractivity contribution >= 4 is 46.1 Å². The summed E-state index contributed by atoms with van der Waals surface area (Å²) in [6, 6.07) is 2.10. The zero-order valence-corrected chi connectivity index (χ0v) is 48.7. The molecule has 3 aliphatic rings. The monoisotopic (exact) mass is 1130 g/mol. The van der Waals surface area contributed by atoms with Gasteiger partial charge in [0.15, 0.2) is 18.7 Å². The Morgan fingerprint density at radius 1 is 0.949 bits per heavy atom. The van der Waals surface area contributed by atoms with Crippen LogP contribution in [-0.2, 0) is 52.2 Å². The van der Waals surface area contributed by atoms with Crippen LogP contribution in [-0.4, -0.2) is 216 Å². The fourth-order valence-corrected chi connectivity index (χ4v) is 11.6. The topological polar surface area (TPSA) is 287 Å². The van der Waals surface area contributed by atoms with Crippen LogP contribution in [0.4, 0.5) is 5.69 Å². The van der Waals surface area contributed by atoms with E-state index in [0.717, 1.165) is 6.20 Å². The van der Waals surface area contributed by atoms with Gasteiger partial charge in [0.05, 0.1) is 85.0 Å². The van der Waals surface area contributed by atoms with E-state index in [-0.39, 0.29) is 81.1 Å². The second-order valence-corrected chi connectivity index (χ2v) is 23.2. The third-order valence-corrected chi connectivity index (χ3v) is 16.3. The molecule has 4 heterocycles. The van der Waals surface area contributed by atoms with Gasteiger partial charge in [-0.15, -0.1) is 0 Å². The second kappa shape index (κ2) is 27.9. The summed E-state index contributed by atoms with van der Waals surface area (Å²) >= 11 is 6.38. The van der Waals surface area contributed by atoms with Crippen LogP contribution in [0, 0.1) is 17.8 Å². The lowest BCUT2D eigenvalue weighted by molar-refractivity contribution is -0.318. The minimum Gasteiger partial charge on any atom is -0.477 e. The Morgan fingerprint density at radius 2 is 1.62 bits per heavy atom. The van der Waals surface area contributed by atoms with Crippen molar-refractivity contribution in [2.24, 2.45) is 17.8 Å². The normalized spacial score (nSPS) is 36.9. The van der Waals surface area contributed by atoms with Gasteiger partial charge in [0.2, 0.25) is 5.43 Å². The summed E-state index contributed by atoms with van der Waals surface area (Å²) in [5.41, 5.74) is -4.88. The Kier molecular flexibility index (Phi) is 23.3. The molecule has 0 aliphatic carbocycles. The van der Waals surface area contributed by atoms with E-state index in [2.05, 4.69) is 10.3 Å². The number of likely N-dealkylation sites (N-methyl/N-ethyl adjacent to an activating group) is 2. The van der Waals surface area contributed by atoms with Crippen molar-refractivity contribution in [3.8, 4) is 0 Å². The Balaban J connectivity index is 1.27. The second-order valence-electron chi connectivity index (χ2n) is 22.7. The van der Waals surface area contributed by atoms with Crippen molar-refractivity contribution < 1.29 is 82.5 Å². The number of anilines is 1. The van der Waals surface area contributed by atoms with Crippen molar-refractivity contribution in [2.45, 2.75) is 192 Å². The Hall–Kier alpha value is -3.59. The van der Waals surface area contributed by atoms with E-state index in [9.17, 15) is 44.7 Å². The van der Waals surface area contributed by atoms with Crippen LogP contribution >= 0.6 is 11.6 Å². The molecular weight excluding hydrogens is 1040 g/mol. The van der Waals surface area contributed by atoms with Crippen molar-refractivity contribution in [2.75, 3.05) is 73.1 Å². The minimum atomic E-state index is -1.87. The quantitative estimate of drug-likeness (QED) is 0.0767. The van der Waals surface area contributed by atoms with Gasteiger partial charge in [0, 0.05) is 56.2 Å². The zero-order valence-electron chi connectivity index (χ0n) is 48.0. The van der Waals surface area contributed by atoms with Gasteiger partial charge in [-0.25, -0.2) is 4.79 Å². The highest BCUT2D eigenvalue weighted by molar-refractivity contribution is 6.34. The number of ether oxygens (including phenoxy) is 9. The van der Waals surface area contributed by atoms with Gasteiger partial charge in [-0.05, 0) is 107 Å². The summed E-state index contributed by atoms with van der Waals surface area (Å²) < 4.78 is 56.0. The van der Waals surface area contributed by atoms with E-state index in [4.69, 9.17) is 54.2 Å². The first-order valence-electron chi connectivity index (χ1n) is 27.2. The SMILES string of the molecule is CC[C@H]1OC(=O)[C@H](C)[C@@H](O[C@H]2C[C@@](C)(OC)[C@@H](OC(=O)CCOCCOCCNc3cc4c(=O)c(C(=O)O)c[nH]c4cc3Cl)[C@H](C)O2)[C@H](C)[C@@H](O[C@@H]2O[C@H](C)C[C@H](N(C)C)[C@H]2O)[C@](C)(O)C[C@@H](C)CN(C)[C@H](C)[C@@H](O)[C@]1(C)O. The Labute approximate surface area is 463 Å². The van der Waals surface area contributed by atoms with Crippen molar-refractivity contribution in [1.82, 2.24) is 14.8 Å². The van der Waals surface area contributed by atoms with Crippen molar-refractivity contribution in [3.63, 3.8) is 0 Å². The summed E-state index contributed by atoms with van der Waals surface area (Å²) in [5.74, 6) is -4.83. The van der Waals surface area contributed by atoms with Gasteiger partial charge >= 0.3 is 17.9 Å². The van der Waals surface area contributed by atoms with Crippen LogP contribution in [0.15, 0.2) is 23.1 Å². The van der Waals surface area contributed by atoms with Crippen LogP contribution in [0.25, 0.3) is 10.9 Å². The summed E-state index contributed by atoms with van der Waals surface area (Å²) in [4.78, 5) is 58.6. The average molecular weight is 1130 g/mol. The number of aliphatic hydroxyl groups is 4. The van der Waals surface area contributed by atoms with Gasteiger partial charge in [-0.3, -0.25) is 14.4 Å². The molecule has 3 fully saturated rings. The summed E-state index contributed by atoms with van der Waals surface area (Å²) in [7, 11) is 7.04. The number of fused-ring (bicyclic) bond motifs is 1. The number of benzene rings is 1. The molecule has 0 bridgehead atoms. The maximum absolute atomic E-state index is 14.6. The number of nitrogens with one attached hydrogen (secondary N) is 2. The molecule has 23 heteroatoms. The number of nitrogens with zero attached hydrogens (tertiary/aromatic N) is 2. The number of aromatic carboxylic acids is 1. The van der Waals surface area contributed by atoms with Gasteiger partial charge in [0.1, 0.15) is 35.1 Å². The number of pyridine rings is 1. The van der Waals surface area contributed by atoms with Crippen molar-refractivity contribution in [3.05, 3.63) is 39.1 Å². The maximum Gasteiger partial charge on any atom is 0.341 e. The molecular formula is C55H89ClN4O18. The van der Waals surface area contributed by atoms with Crippen LogP contribution in [0.5, 0.6) is 0 Å². The number of carbonyl (C=O) groups excluding carboxylic acids is 2. The Bertz CT molecular complexity index is 2360. The van der Waals surface area contributed by atoms with Crippen LogP contribution < -0.4 is 10.7 Å². The Morgan fingerprint density at radius 3 is 2.24 bits per heavy atom. The van der Waals surface area contributed by atoms with Gasteiger partial charge < -0.3 is 88.3 Å². The van der Waals surface area contributed by atoms with Crippen LogP contribution in [0.2, 0.25) is 5.02 Å². The number of methoxy groups -OCH3 is 1. The standard InChI is InChI=1S/C55H89ClN4O18/c1-15-41-55(10,69)47(64)33(6)60(13)28-29(2)25-53(8,68)48(78-52-45(63)40(59(11)12)22-30(3)73-52)31(4)46(32(5)51(67)75-41)77-43-26-54(9,70-14)49(34(7)74-43)76-42(61)16-18-71-20-21-72-19-17-57-39-23-35-38(24-37(39)56)58-27-36(44(35)62)50(65)66/h23-24,27,29-34,40-41,43,45-49,52,57,63-64,68-69H,15-22,25-26,28H2,1-14H3,(H,58,62)(H,65,66)/t29-,30-,31+,32-,33-,34+,40+,41-,43+,45-,46+,47-,48-,49+,52+,53-,54-,55-/m1/s1. The number of hydrogen-bond acceptors (Lipinski definition) is 20. The lowest BCUT2D eigenvalue weighted by Crippen LogP contribution is -2.61. The first-order chi connectivity index (χ1) is 36.5. The molecule has 3 saturated heterocycles. The predicted molar refractivity (Wildman–Crippen MR) is 289 cm³/mol. The van der Waals surface area contributed by atoms with E-state index in [1.807, 2.05) is 44.8 Å². The van der Waals surface area contributed by atoms with Crippen LogP contribution in [0.3, 0.4) is 0 Å². The van der Waals surface area contributed by atoms with E-state index < -0.39 is 113 Å². The highest BCUT2D eigenvalue weighted by Gasteiger charge is 2.54. The molecule has 22 nitrogen and oxygen atoms in total. The largest absolute Gasteiger partial charge is 0.477 e. The molecule has 0 amide bonds. The fourth-order valence-electron chi connectivity index (χ4n) is 11.4. The highest BCUT2D eigenvalue weighted by atomic mass is 35.5. The molecule has 0 spiro atoms. The molecule has 78 heavy (non-hydrogen) atoms. The molecule has 444 valence electrons. The van der Waals surface area contributed by atoms with Crippen LogP contribution in [0.1, 0.15) is 112 Å². The number of aromatic amines is 1. The van der Waals surface area contributed by atoms with Gasteiger partial charge in [-0.2, -0.15) is 0 Å². The summed E-state index contributed by atoms with van der Waals surface area (Å²) in [6.45, 7) is 18.7. The molecule has 3 aliphatic heterocycles. The predicted octanol–water partition coefficient (Wildman–Crippen LogP) is 4.18. The first kappa shape index (κ1) is 65.2. The molecule has 0 unspecified atom stereocenters. The minimum absolute atomic E-state index is 0.0185. The third kappa shape index (κ3) is 15.9. The molecule has 0 radical (unpaired) electrons. The van der Waals surface area contributed by atoms with E-state index in [1.54, 1.807) is 48.5 Å². The highest BCUT2D eigenvalue weighted by Crippen LogP contribution is 2.41. The lowest BCUT2D eigenvalue weighted by atomic mass is 9.77. The third-order valence-electron chi connectivity index (χ3n) is 16.0. The summed E-state index contributed by atoms with van der Waals surface area (Å²) in [6.07, 6.45) is -8.22. The van der Waals surface area contributed by atoms with E-state index >= 15 is 0 Å². The smallest absolute Gasteiger partial charge is 0.341 e. The average Bonchev–Trinajstić information content (AvgIpc) is 3.37. The maximum atomic E-state index is 14.6. The molecule has 1 aromatic heterocycles. The molecule has 7 N–H and O–H groups in total. The molecule has 1 aromatic carbocycles. The lowest BCUT2D eigenvalue weighted by Gasteiger charge is -2.49. The van der Waals surface area contributed by atoms with Crippen molar-refractivity contribution in [1.29, 1.82) is 0 Å². The molecule has 0 saturated carbocycles. The number of carbonyl (C=O) groups is 3. The summed E-state index contributed by atoms with van der Waals surface area (Å²) in [5, 5.41) is 61.0. The molecule has 18 atom stereocenters. The number of carboxylic acid groups (broad SMARTS) is 1. The molecule has 5 rings (SSSR count).